The van der Waals surface area contributed by atoms with Gasteiger partial charge in [-0.05, 0) is 70.0 Å². The predicted molar refractivity (Wildman–Crippen MR) is 115 cm³/mol. The molecule has 3 rings (SSSR count). The Morgan fingerprint density at radius 1 is 1.28 bits per heavy atom. The molecule has 6 nitrogen and oxygen atoms in total. The van der Waals surface area contributed by atoms with Crippen LogP contribution >= 0.6 is 27.7 Å². The van der Waals surface area contributed by atoms with Gasteiger partial charge in [-0.25, -0.2) is 0 Å². The standard InChI is InChI=1S/C21H17BrN2O4S/c1-3-28-19-16(22)8-13(9-17(19)27-2)10-18-20(25)24(21(26)29-18)12-15-7-5-4-6-14(15)11-23/h4-10H,3,12H2,1-2H3/b18-10+. The summed E-state index contributed by atoms with van der Waals surface area (Å²) in [6, 6.07) is 12.5. The minimum atomic E-state index is -0.392. The molecular formula is C21H17BrN2O4S. The Labute approximate surface area is 181 Å². The summed E-state index contributed by atoms with van der Waals surface area (Å²) in [5.41, 5.74) is 1.76. The second-order valence-electron chi connectivity index (χ2n) is 6.00. The van der Waals surface area contributed by atoms with E-state index >= 15 is 0 Å². The number of rotatable bonds is 6. The molecule has 0 saturated carbocycles. The summed E-state index contributed by atoms with van der Waals surface area (Å²) in [6.45, 7) is 2.42. The van der Waals surface area contributed by atoms with Crippen LogP contribution in [0, 0.1) is 11.3 Å². The van der Waals surface area contributed by atoms with Crippen LogP contribution in [-0.4, -0.2) is 29.8 Å². The van der Waals surface area contributed by atoms with Crippen LogP contribution in [0.1, 0.15) is 23.6 Å². The van der Waals surface area contributed by atoms with Crippen LogP contribution in [0.2, 0.25) is 0 Å². The summed E-state index contributed by atoms with van der Waals surface area (Å²) in [7, 11) is 1.54. The highest BCUT2D eigenvalue weighted by atomic mass is 79.9. The molecule has 2 aromatic carbocycles. The lowest BCUT2D eigenvalue weighted by molar-refractivity contribution is -0.123. The van der Waals surface area contributed by atoms with Gasteiger partial charge in [0.25, 0.3) is 11.1 Å². The van der Waals surface area contributed by atoms with Gasteiger partial charge in [-0.2, -0.15) is 5.26 Å². The molecule has 0 aromatic heterocycles. The van der Waals surface area contributed by atoms with Gasteiger partial charge in [-0.3, -0.25) is 14.5 Å². The Morgan fingerprint density at radius 2 is 2.03 bits per heavy atom. The molecule has 0 unspecified atom stereocenters. The van der Waals surface area contributed by atoms with Crippen molar-refractivity contribution in [3.8, 4) is 17.6 Å². The van der Waals surface area contributed by atoms with Gasteiger partial charge >= 0.3 is 0 Å². The molecule has 0 atom stereocenters. The van der Waals surface area contributed by atoms with E-state index < -0.39 is 5.91 Å². The minimum Gasteiger partial charge on any atom is -0.493 e. The van der Waals surface area contributed by atoms with Crippen molar-refractivity contribution in [1.82, 2.24) is 4.90 Å². The number of nitrogens with zero attached hydrogens (tertiary/aromatic N) is 2. The highest BCUT2D eigenvalue weighted by Crippen LogP contribution is 2.39. The minimum absolute atomic E-state index is 0.0576. The molecule has 1 aliphatic heterocycles. The lowest BCUT2D eigenvalue weighted by Crippen LogP contribution is -2.27. The fourth-order valence-corrected chi connectivity index (χ4v) is 4.25. The number of ether oxygens (including phenoxy) is 2. The van der Waals surface area contributed by atoms with Crippen molar-refractivity contribution in [3.05, 3.63) is 62.5 Å². The largest absolute Gasteiger partial charge is 0.493 e. The summed E-state index contributed by atoms with van der Waals surface area (Å²) in [5, 5.41) is 8.86. The van der Waals surface area contributed by atoms with E-state index in [2.05, 4.69) is 22.0 Å². The van der Waals surface area contributed by atoms with Crippen LogP contribution in [-0.2, 0) is 11.3 Å². The number of nitriles is 1. The first-order chi connectivity index (χ1) is 14.0. The van der Waals surface area contributed by atoms with Gasteiger partial charge in [0, 0.05) is 0 Å². The normalized spacial score (nSPS) is 15.0. The average Bonchev–Trinajstić information content (AvgIpc) is 2.97. The number of halogens is 1. The second-order valence-corrected chi connectivity index (χ2v) is 7.85. The van der Waals surface area contributed by atoms with Crippen molar-refractivity contribution >= 4 is 44.9 Å². The van der Waals surface area contributed by atoms with Crippen LogP contribution in [0.15, 0.2) is 45.8 Å². The molecule has 2 amide bonds. The third-order valence-electron chi connectivity index (χ3n) is 4.18. The first-order valence-corrected chi connectivity index (χ1v) is 10.3. The maximum Gasteiger partial charge on any atom is 0.293 e. The molecule has 0 radical (unpaired) electrons. The summed E-state index contributed by atoms with van der Waals surface area (Å²) in [4.78, 5) is 26.7. The number of hydrogen-bond donors (Lipinski definition) is 0. The summed E-state index contributed by atoms with van der Waals surface area (Å²) < 4.78 is 11.6. The summed E-state index contributed by atoms with van der Waals surface area (Å²) >= 11 is 4.33. The van der Waals surface area contributed by atoms with Crippen LogP contribution in [0.3, 0.4) is 0 Å². The van der Waals surface area contributed by atoms with Crippen LogP contribution < -0.4 is 9.47 Å². The SMILES string of the molecule is CCOc1c(Br)cc(/C=C2/SC(=O)N(Cc3ccccc3C#N)C2=O)cc1OC. The van der Waals surface area contributed by atoms with E-state index in [1.54, 1.807) is 42.5 Å². The van der Waals surface area contributed by atoms with E-state index in [-0.39, 0.29) is 11.8 Å². The van der Waals surface area contributed by atoms with Crippen LogP contribution in [0.4, 0.5) is 4.79 Å². The Bertz CT molecular complexity index is 1050. The Hall–Kier alpha value is -2.76. The second kappa shape index (κ2) is 9.16. The topological polar surface area (TPSA) is 79.6 Å². The van der Waals surface area contributed by atoms with Gasteiger partial charge in [-0.15, -0.1) is 0 Å². The number of benzene rings is 2. The molecule has 1 fully saturated rings. The smallest absolute Gasteiger partial charge is 0.293 e. The number of methoxy groups -OCH3 is 1. The first kappa shape index (κ1) is 21.0. The maximum atomic E-state index is 12.8. The number of carbonyl (C=O) groups excluding carboxylic acids is 2. The molecule has 2 aromatic rings. The van der Waals surface area contributed by atoms with Crippen molar-refractivity contribution in [3.63, 3.8) is 0 Å². The molecule has 1 saturated heterocycles. The lowest BCUT2D eigenvalue weighted by Gasteiger charge is -2.13. The zero-order chi connectivity index (χ0) is 21.0. The number of hydrogen-bond acceptors (Lipinski definition) is 6. The van der Waals surface area contributed by atoms with E-state index in [0.29, 0.717) is 44.2 Å². The zero-order valence-electron chi connectivity index (χ0n) is 15.8. The molecule has 29 heavy (non-hydrogen) atoms. The van der Waals surface area contributed by atoms with E-state index in [9.17, 15) is 14.9 Å². The molecule has 8 heteroatoms. The fourth-order valence-electron chi connectivity index (χ4n) is 2.83. The van der Waals surface area contributed by atoms with E-state index in [0.717, 1.165) is 16.7 Å². The van der Waals surface area contributed by atoms with Gasteiger partial charge < -0.3 is 9.47 Å². The monoisotopic (exact) mass is 472 g/mol. The van der Waals surface area contributed by atoms with Crippen molar-refractivity contribution in [1.29, 1.82) is 5.26 Å². The zero-order valence-corrected chi connectivity index (χ0v) is 18.2. The van der Waals surface area contributed by atoms with Crippen molar-refractivity contribution in [2.24, 2.45) is 0 Å². The number of imide groups is 1. The van der Waals surface area contributed by atoms with Gasteiger partial charge in [0.15, 0.2) is 11.5 Å². The van der Waals surface area contributed by atoms with Crippen molar-refractivity contribution in [2.75, 3.05) is 13.7 Å². The average molecular weight is 473 g/mol. The molecular weight excluding hydrogens is 456 g/mol. The summed E-state index contributed by atoms with van der Waals surface area (Å²) in [6.07, 6.45) is 1.64. The van der Waals surface area contributed by atoms with Crippen molar-refractivity contribution < 1.29 is 19.1 Å². The van der Waals surface area contributed by atoms with E-state index in [1.807, 2.05) is 6.92 Å². The number of carbonyl (C=O) groups is 2. The van der Waals surface area contributed by atoms with Crippen LogP contribution in [0.5, 0.6) is 11.5 Å². The van der Waals surface area contributed by atoms with Gasteiger partial charge in [0.1, 0.15) is 0 Å². The summed E-state index contributed by atoms with van der Waals surface area (Å²) in [5.74, 6) is 0.708. The number of amides is 2. The van der Waals surface area contributed by atoms with Crippen LogP contribution in [0.25, 0.3) is 6.08 Å². The Balaban J connectivity index is 1.88. The maximum absolute atomic E-state index is 12.8. The lowest BCUT2D eigenvalue weighted by atomic mass is 10.1. The molecule has 148 valence electrons. The highest BCUT2D eigenvalue weighted by Gasteiger charge is 2.35. The van der Waals surface area contributed by atoms with Gasteiger partial charge in [0.2, 0.25) is 0 Å². The Kier molecular flexibility index (Phi) is 6.62. The molecule has 1 heterocycles. The van der Waals surface area contributed by atoms with Gasteiger partial charge in [0.05, 0.1) is 41.3 Å². The van der Waals surface area contributed by atoms with E-state index in [4.69, 9.17) is 9.47 Å². The van der Waals surface area contributed by atoms with Crippen molar-refractivity contribution in [2.45, 2.75) is 13.5 Å². The molecule has 0 aliphatic carbocycles. The first-order valence-electron chi connectivity index (χ1n) is 8.72. The highest BCUT2D eigenvalue weighted by molar-refractivity contribution is 9.10. The quantitative estimate of drug-likeness (QED) is 0.552. The predicted octanol–water partition coefficient (Wildman–Crippen LogP) is 4.96. The third kappa shape index (κ3) is 4.47. The molecule has 0 bridgehead atoms. The molecule has 0 N–H and O–H groups in total. The van der Waals surface area contributed by atoms with E-state index in [1.165, 1.54) is 7.11 Å². The molecule has 1 aliphatic rings. The fraction of sp³-hybridized carbons (Fsp3) is 0.190. The molecule has 0 spiro atoms. The van der Waals surface area contributed by atoms with Gasteiger partial charge in [-0.1, -0.05) is 18.2 Å². The number of thioether (sulfide) groups is 1. The third-order valence-corrected chi connectivity index (χ3v) is 5.67. The Morgan fingerprint density at radius 3 is 2.72 bits per heavy atom.